The summed E-state index contributed by atoms with van der Waals surface area (Å²) in [6.07, 6.45) is 0. The Kier molecular flexibility index (Phi) is 3.94. The summed E-state index contributed by atoms with van der Waals surface area (Å²) >= 11 is 0. The molecular formula is C14H19F2N3O. The first-order valence-electron chi connectivity index (χ1n) is 6.57. The summed E-state index contributed by atoms with van der Waals surface area (Å²) in [7, 11) is 1.97. The average molecular weight is 283 g/mol. The number of amides is 1. The normalized spacial score (nSPS) is 23.9. The van der Waals surface area contributed by atoms with Gasteiger partial charge in [0.1, 0.15) is 11.4 Å². The first kappa shape index (κ1) is 14.7. The molecule has 1 aliphatic rings. The van der Waals surface area contributed by atoms with Gasteiger partial charge in [-0.15, -0.1) is 0 Å². The lowest BCUT2D eigenvalue weighted by Crippen LogP contribution is -2.56. The fourth-order valence-electron chi connectivity index (χ4n) is 2.49. The molecule has 110 valence electrons. The predicted octanol–water partition coefficient (Wildman–Crippen LogP) is 1.71. The van der Waals surface area contributed by atoms with Gasteiger partial charge < -0.3 is 10.6 Å². The van der Waals surface area contributed by atoms with E-state index < -0.39 is 23.1 Å². The van der Waals surface area contributed by atoms with Gasteiger partial charge in [0, 0.05) is 25.2 Å². The lowest BCUT2D eigenvalue weighted by Gasteiger charge is -2.42. The van der Waals surface area contributed by atoms with Crippen molar-refractivity contribution in [3.05, 3.63) is 29.3 Å². The van der Waals surface area contributed by atoms with E-state index in [1.807, 2.05) is 20.9 Å². The highest BCUT2D eigenvalue weighted by atomic mass is 19.1. The molecule has 1 aliphatic heterocycles. The molecule has 20 heavy (non-hydrogen) atoms. The van der Waals surface area contributed by atoms with Gasteiger partial charge in [0.25, 0.3) is 5.91 Å². The predicted molar refractivity (Wildman–Crippen MR) is 73.4 cm³/mol. The molecule has 1 heterocycles. The molecule has 4 nitrogen and oxygen atoms in total. The van der Waals surface area contributed by atoms with E-state index in [0.29, 0.717) is 13.1 Å². The van der Waals surface area contributed by atoms with Gasteiger partial charge in [0.15, 0.2) is 5.82 Å². The van der Waals surface area contributed by atoms with Gasteiger partial charge in [-0.25, -0.2) is 8.78 Å². The highest BCUT2D eigenvalue weighted by Crippen LogP contribution is 2.22. The lowest BCUT2D eigenvalue weighted by atomic mass is 10.1. The van der Waals surface area contributed by atoms with Gasteiger partial charge in [-0.3, -0.25) is 9.69 Å². The quantitative estimate of drug-likeness (QED) is 0.798. The van der Waals surface area contributed by atoms with Crippen LogP contribution in [-0.4, -0.2) is 47.9 Å². The fourth-order valence-corrected chi connectivity index (χ4v) is 2.49. The number of nitrogens with two attached hydrogens (primary N) is 1. The molecule has 1 fully saturated rings. The summed E-state index contributed by atoms with van der Waals surface area (Å²) < 4.78 is 27.7. The Morgan fingerprint density at radius 1 is 1.25 bits per heavy atom. The van der Waals surface area contributed by atoms with E-state index in [4.69, 9.17) is 5.73 Å². The van der Waals surface area contributed by atoms with Crippen LogP contribution in [0.15, 0.2) is 12.1 Å². The van der Waals surface area contributed by atoms with Crippen molar-refractivity contribution in [1.29, 1.82) is 0 Å². The largest absolute Gasteiger partial charge is 0.396 e. The zero-order valence-corrected chi connectivity index (χ0v) is 11.9. The van der Waals surface area contributed by atoms with Gasteiger partial charge >= 0.3 is 0 Å². The van der Waals surface area contributed by atoms with E-state index in [-0.39, 0.29) is 17.8 Å². The Balaban J connectivity index is 2.31. The van der Waals surface area contributed by atoms with Crippen molar-refractivity contribution in [3.8, 4) is 0 Å². The second-order valence-corrected chi connectivity index (χ2v) is 5.40. The number of hydrogen-bond acceptors (Lipinski definition) is 3. The summed E-state index contributed by atoms with van der Waals surface area (Å²) in [5.74, 6) is -2.49. The minimum absolute atomic E-state index is 0.134. The number of carbonyl (C=O) groups is 1. The van der Waals surface area contributed by atoms with Crippen LogP contribution in [0.3, 0.4) is 0 Å². The highest BCUT2D eigenvalue weighted by Gasteiger charge is 2.32. The van der Waals surface area contributed by atoms with Gasteiger partial charge in [-0.2, -0.15) is 0 Å². The number of piperazine rings is 1. The van der Waals surface area contributed by atoms with Crippen molar-refractivity contribution in [1.82, 2.24) is 9.80 Å². The Morgan fingerprint density at radius 2 is 1.80 bits per heavy atom. The van der Waals surface area contributed by atoms with Crippen LogP contribution in [0.1, 0.15) is 24.2 Å². The third-order valence-electron chi connectivity index (χ3n) is 3.98. The molecular weight excluding hydrogens is 264 g/mol. The van der Waals surface area contributed by atoms with Crippen LogP contribution in [0.5, 0.6) is 0 Å². The Morgan fingerprint density at radius 3 is 2.35 bits per heavy atom. The number of nitrogen functional groups attached to an aromatic ring is 1. The second kappa shape index (κ2) is 5.36. The van der Waals surface area contributed by atoms with Crippen molar-refractivity contribution in [2.24, 2.45) is 0 Å². The smallest absolute Gasteiger partial charge is 0.260 e. The van der Waals surface area contributed by atoms with E-state index in [1.165, 1.54) is 4.90 Å². The summed E-state index contributed by atoms with van der Waals surface area (Å²) in [5.41, 5.74) is 4.63. The monoisotopic (exact) mass is 283 g/mol. The van der Waals surface area contributed by atoms with Crippen LogP contribution in [0.2, 0.25) is 0 Å². The third-order valence-corrected chi connectivity index (χ3v) is 3.98. The second-order valence-electron chi connectivity index (χ2n) is 5.40. The van der Waals surface area contributed by atoms with E-state index in [1.54, 1.807) is 0 Å². The van der Waals surface area contributed by atoms with Crippen LogP contribution in [-0.2, 0) is 0 Å². The Bertz CT molecular complexity index is 523. The first-order chi connectivity index (χ1) is 9.32. The van der Waals surface area contributed by atoms with Crippen molar-refractivity contribution in [2.75, 3.05) is 25.9 Å². The minimum Gasteiger partial charge on any atom is -0.396 e. The number of benzene rings is 1. The maximum atomic E-state index is 13.9. The van der Waals surface area contributed by atoms with E-state index in [0.717, 1.165) is 12.1 Å². The molecule has 2 atom stereocenters. The number of nitrogens with zero attached hydrogens (tertiary/aromatic N) is 2. The molecule has 1 amide bonds. The summed E-state index contributed by atoms with van der Waals surface area (Å²) in [6.45, 7) is 4.82. The average Bonchev–Trinajstić information content (AvgIpc) is 2.40. The van der Waals surface area contributed by atoms with Gasteiger partial charge in [-0.05, 0) is 33.0 Å². The number of carbonyl (C=O) groups excluding carboxylic acids is 1. The molecule has 0 saturated carbocycles. The minimum atomic E-state index is -0.978. The van der Waals surface area contributed by atoms with Crippen LogP contribution in [0, 0.1) is 11.6 Å². The lowest BCUT2D eigenvalue weighted by molar-refractivity contribution is 0.0406. The van der Waals surface area contributed by atoms with Gasteiger partial charge in [0.05, 0.1) is 5.69 Å². The molecule has 1 saturated heterocycles. The van der Waals surface area contributed by atoms with Crippen molar-refractivity contribution < 1.29 is 13.6 Å². The van der Waals surface area contributed by atoms with Crippen molar-refractivity contribution >= 4 is 11.6 Å². The Labute approximate surface area is 117 Å². The summed E-state index contributed by atoms with van der Waals surface area (Å²) in [4.78, 5) is 16.0. The number of halogens is 2. The van der Waals surface area contributed by atoms with Crippen LogP contribution < -0.4 is 5.73 Å². The zero-order valence-electron chi connectivity index (χ0n) is 11.9. The number of rotatable bonds is 1. The molecule has 0 aliphatic carbocycles. The molecule has 2 rings (SSSR count). The van der Waals surface area contributed by atoms with E-state index in [2.05, 4.69) is 4.90 Å². The first-order valence-corrected chi connectivity index (χ1v) is 6.57. The molecule has 0 bridgehead atoms. The SMILES string of the molecule is CC1CN(C(=O)c2c(F)ccc(N)c2F)CC(C)N1C. The topological polar surface area (TPSA) is 49.6 Å². The van der Waals surface area contributed by atoms with Crippen LogP contribution in [0.25, 0.3) is 0 Å². The van der Waals surface area contributed by atoms with Gasteiger partial charge in [-0.1, -0.05) is 0 Å². The van der Waals surface area contributed by atoms with Crippen LogP contribution >= 0.6 is 0 Å². The highest BCUT2D eigenvalue weighted by molar-refractivity contribution is 5.95. The van der Waals surface area contributed by atoms with Crippen molar-refractivity contribution in [2.45, 2.75) is 25.9 Å². The van der Waals surface area contributed by atoms with Gasteiger partial charge in [0.2, 0.25) is 0 Å². The maximum Gasteiger partial charge on any atom is 0.260 e. The molecule has 0 radical (unpaired) electrons. The molecule has 2 N–H and O–H groups in total. The van der Waals surface area contributed by atoms with E-state index in [9.17, 15) is 13.6 Å². The molecule has 0 aromatic heterocycles. The fraction of sp³-hybridized carbons (Fsp3) is 0.500. The zero-order chi connectivity index (χ0) is 15.0. The molecule has 1 aromatic carbocycles. The number of likely N-dealkylation sites (N-methyl/N-ethyl adjacent to an activating group) is 1. The summed E-state index contributed by atoms with van der Waals surface area (Å²) in [5, 5.41) is 0. The maximum absolute atomic E-state index is 13.9. The third kappa shape index (κ3) is 2.47. The van der Waals surface area contributed by atoms with Crippen molar-refractivity contribution in [3.63, 3.8) is 0 Å². The number of anilines is 1. The van der Waals surface area contributed by atoms with E-state index >= 15 is 0 Å². The molecule has 1 aromatic rings. The number of hydrogen-bond donors (Lipinski definition) is 1. The molecule has 6 heteroatoms. The standard InChI is InChI=1S/C14H19F2N3O/c1-8-6-19(7-9(2)18(8)3)14(20)12-10(15)4-5-11(17)13(12)16/h4-5,8-9H,6-7,17H2,1-3H3. The van der Waals surface area contributed by atoms with Crippen LogP contribution in [0.4, 0.5) is 14.5 Å². The summed E-state index contributed by atoms with van der Waals surface area (Å²) in [6, 6.07) is 2.41. The molecule has 2 unspecified atom stereocenters. The Hall–Kier alpha value is -1.69. The molecule has 0 spiro atoms.